The van der Waals surface area contributed by atoms with Gasteiger partial charge in [0.1, 0.15) is 18.1 Å². The van der Waals surface area contributed by atoms with Crippen LogP contribution in [0.15, 0.2) is 47.5 Å². The van der Waals surface area contributed by atoms with Crippen molar-refractivity contribution < 1.29 is 32.7 Å². The Kier molecular flexibility index (Phi) is 6.51. The molecule has 0 radical (unpaired) electrons. The highest BCUT2D eigenvalue weighted by molar-refractivity contribution is 6.70. The van der Waals surface area contributed by atoms with Crippen molar-refractivity contribution in [1.82, 2.24) is 0 Å². The van der Waals surface area contributed by atoms with Crippen LogP contribution in [0.5, 0.6) is 0 Å². The van der Waals surface area contributed by atoms with Crippen molar-refractivity contribution in [3.63, 3.8) is 0 Å². The Hall–Kier alpha value is -2.48. The quantitative estimate of drug-likeness (QED) is 0.264. The van der Waals surface area contributed by atoms with Gasteiger partial charge in [-0.3, -0.25) is 14.4 Å². The van der Waals surface area contributed by atoms with Crippen LogP contribution >= 0.6 is 0 Å². The van der Waals surface area contributed by atoms with Crippen LogP contribution in [0.2, 0.25) is 19.6 Å². The second-order valence-corrected chi connectivity index (χ2v) is 16.4. The second kappa shape index (κ2) is 8.82. The van der Waals surface area contributed by atoms with Crippen LogP contribution in [-0.4, -0.2) is 37.8 Å². The molecular weight excluding hydrogens is 479 g/mol. The zero-order valence-electron chi connectivity index (χ0n) is 22.3. The standard InChI is InChI=1S/C28H37FO6Si/c1-17(30)33-16-24(35-36(5,6)7)23-11-10-21-22-9-8-19-14-20(32)12-13-27(19,4)28(22,29)25(34-18(2)31)15-26(21,23)3/h11-14,16,21-22,25H,8-10,15H2,1-7H3/t21-,22-,25-,26-,27-,28-/m0/s1. The summed E-state index contributed by atoms with van der Waals surface area (Å²) < 4.78 is 35.1. The summed E-state index contributed by atoms with van der Waals surface area (Å²) in [7, 11) is -2.09. The molecular formula is C28H37FO6Si. The first-order chi connectivity index (χ1) is 16.6. The van der Waals surface area contributed by atoms with E-state index in [1.54, 1.807) is 12.2 Å². The van der Waals surface area contributed by atoms with Crippen molar-refractivity contribution >= 4 is 26.0 Å². The molecule has 4 aliphatic rings. The van der Waals surface area contributed by atoms with Gasteiger partial charge in [-0.05, 0) is 75.9 Å². The van der Waals surface area contributed by atoms with Crippen LogP contribution in [0.1, 0.15) is 53.4 Å². The van der Waals surface area contributed by atoms with Crippen molar-refractivity contribution in [2.75, 3.05) is 0 Å². The van der Waals surface area contributed by atoms with Gasteiger partial charge in [0.15, 0.2) is 11.5 Å². The lowest BCUT2D eigenvalue weighted by Crippen LogP contribution is -2.67. The molecule has 4 aliphatic carbocycles. The number of ketones is 1. The van der Waals surface area contributed by atoms with E-state index in [9.17, 15) is 14.4 Å². The molecule has 0 aromatic rings. The van der Waals surface area contributed by atoms with Gasteiger partial charge >= 0.3 is 11.9 Å². The largest absolute Gasteiger partial charge is 0.542 e. The van der Waals surface area contributed by atoms with E-state index in [2.05, 4.69) is 13.0 Å². The van der Waals surface area contributed by atoms with Gasteiger partial charge in [-0.25, -0.2) is 4.39 Å². The zero-order chi connectivity index (χ0) is 26.7. The fraction of sp³-hybridized carbons (Fsp3) is 0.607. The smallest absolute Gasteiger partial charge is 0.307 e. The number of hydrogen-bond acceptors (Lipinski definition) is 6. The number of allylic oxidation sites excluding steroid dienone is 6. The van der Waals surface area contributed by atoms with E-state index in [0.29, 0.717) is 25.0 Å². The number of carbonyl (C=O) groups excluding carboxylic acids is 3. The number of halogens is 1. The van der Waals surface area contributed by atoms with E-state index in [4.69, 9.17) is 13.9 Å². The van der Waals surface area contributed by atoms with Crippen LogP contribution < -0.4 is 0 Å². The lowest BCUT2D eigenvalue weighted by atomic mass is 9.45. The molecule has 6 nitrogen and oxygen atoms in total. The van der Waals surface area contributed by atoms with Crippen molar-refractivity contribution in [2.45, 2.75) is 84.8 Å². The van der Waals surface area contributed by atoms with Crippen molar-refractivity contribution in [1.29, 1.82) is 0 Å². The molecule has 0 aliphatic heterocycles. The SMILES string of the molecule is CC(=O)OC=C(O[Si](C)(C)C)C1=CC[C@H]2[C@@H]3CCC4=CC(=O)C=C[C@]4(C)[C@@]3(F)[C@@H](OC(C)=O)C[C@]12C. The molecule has 2 saturated carbocycles. The lowest BCUT2D eigenvalue weighted by Gasteiger charge is -2.62. The van der Waals surface area contributed by atoms with Crippen molar-refractivity contribution in [3.05, 3.63) is 47.5 Å². The van der Waals surface area contributed by atoms with Crippen LogP contribution in [0.4, 0.5) is 4.39 Å². The van der Waals surface area contributed by atoms with Gasteiger partial charge in [-0.2, -0.15) is 0 Å². The Balaban J connectivity index is 1.80. The predicted molar refractivity (Wildman–Crippen MR) is 136 cm³/mol. The summed E-state index contributed by atoms with van der Waals surface area (Å²) in [5, 5.41) is 0. The molecule has 196 valence electrons. The Morgan fingerprint density at radius 3 is 2.44 bits per heavy atom. The maximum absolute atomic E-state index is 17.7. The van der Waals surface area contributed by atoms with E-state index in [0.717, 1.165) is 11.1 Å². The number of fused-ring (bicyclic) bond motifs is 5. The third-order valence-electron chi connectivity index (χ3n) is 8.52. The maximum Gasteiger partial charge on any atom is 0.307 e. The number of hydrogen-bond donors (Lipinski definition) is 0. The normalized spacial score (nSPS) is 37.7. The number of esters is 2. The summed E-state index contributed by atoms with van der Waals surface area (Å²) in [6.07, 6.45) is 9.15. The van der Waals surface area contributed by atoms with Crippen LogP contribution in [0.25, 0.3) is 0 Å². The van der Waals surface area contributed by atoms with Crippen LogP contribution in [-0.2, 0) is 28.3 Å². The monoisotopic (exact) mass is 516 g/mol. The average molecular weight is 517 g/mol. The number of carbonyl (C=O) groups is 3. The Morgan fingerprint density at radius 2 is 1.83 bits per heavy atom. The van der Waals surface area contributed by atoms with Gasteiger partial charge in [-0.15, -0.1) is 0 Å². The number of rotatable bonds is 5. The summed E-state index contributed by atoms with van der Waals surface area (Å²) in [5.41, 5.74) is -1.83. The molecule has 0 spiro atoms. The molecule has 2 fully saturated rings. The summed E-state index contributed by atoms with van der Waals surface area (Å²) in [6.45, 7) is 12.7. The molecule has 6 atom stereocenters. The van der Waals surface area contributed by atoms with Crippen molar-refractivity contribution in [2.24, 2.45) is 22.7 Å². The topological polar surface area (TPSA) is 78.9 Å². The highest BCUT2D eigenvalue weighted by atomic mass is 28.4. The van der Waals surface area contributed by atoms with Crippen molar-refractivity contribution in [3.8, 4) is 0 Å². The van der Waals surface area contributed by atoms with Gasteiger partial charge in [0.25, 0.3) is 0 Å². The van der Waals surface area contributed by atoms with E-state index in [-0.39, 0.29) is 18.1 Å². The average Bonchev–Trinajstić information content (AvgIpc) is 3.08. The molecule has 0 amide bonds. The fourth-order valence-corrected chi connectivity index (χ4v) is 7.88. The summed E-state index contributed by atoms with van der Waals surface area (Å²) in [4.78, 5) is 36.0. The highest BCUT2D eigenvalue weighted by Gasteiger charge is 2.71. The third kappa shape index (κ3) is 4.21. The molecule has 0 N–H and O–H groups in total. The highest BCUT2D eigenvalue weighted by Crippen LogP contribution is 2.69. The van der Waals surface area contributed by atoms with E-state index < -0.39 is 48.8 Å². The van der Waals surface area contributed by atoms with Crippen LogP contribution in [0, 0.1) is 22.7 Å². The summed E-state index contributed by atoms with van der Waals surface area (Å²) in [6, 6.07) is 0. The summed E-state index contributed by atoms with van der Waals surface area (Å²) in [5.74, 6) is -1.10. The number of ether oxygens (including phenoxy) is 2. The molecule has 0 bridgehead atoms. The molecule has 0 aromatic heterocycles. The zero-order valence-corrected chi connectivity index (χ0v) is 23.3. The minimum absolute atomic E-state index is 0.0697. The van der Waals surface area contributed by atoms with Gasteiger partial charge in [0, 0.05) is 30.6 Å². The first-order valence-corrected chi connectivity index (χ1v) is 16.1. The Morgan fingerprint density at radius 1 is 1.14 bits per heavy atom. The first kappa shape index (κ1) is 26.6. The van der Waals surface area contributed by atoms with Gasteiger partial charge < -0.3 is 13.9 Å². The second-order valence-electron chi connectivity index (χ2n) is 12.0. The molecule has 0 unspecified atom stereocenters. The van der Waals surface area contributed by atoms with Crippen LogP contribution in [0.3, 0.4) is 0 Å². The molecule has 4 rings (SSSR count). The van der Waals surface area contributed by atoms with E-state index in [1.165, 1.54) is 26.2 Å². The fourth-order valence-electron chi connectivity index (χ4n) is 7.06. The van der Waals surface area contributed by atoms with Gasteiger partial charge in [-0.1, -0.05) is 24.6 Å². The third-order valence-corrected chi connectivity index (χ3v) is 9.35. The minimum atomic E-state index is -2.09. The predicted octanol–water partition coefficient (Wildman–Crippen LogP) is 5.72. The van der Waals surface area contributed by atoms with Gasteiger partial charge in [0.2, 0.25) is 8.32 Å². The maximum atomic E-state index is 17.7. The number of alkyl halides is 1. The molecule has 0 heterocycles. The van der Waals surface area contributed by atoms with E-state index in [1.807, 2.05) is 26.6 Å². The van der Waals surface area contributed by atoms with Gasteiger partial charge in [0.05, 0.1) is 0 Å². The molecule has 0 saturated heterocycles. The lowest BCUT2D eigenvalue weighted by molar-refractivity contribution is -0.206. The first-order valence-electron chi connectivity index (χ1n) is 12.7. The van der Waals surface area contributed by atoms with E-state index >= 15 is 4.39 Å². The molecule has 8 heteroatoms. The molecule has 0 aromatic carbocycles. The summed E-state index contributed by atoms with van der Waals surface area (Å²) >= 11 is 0. The minimum Gasteiger partial charge on any atom is -0.542 e. The Bertz CT molecular complexity index is 1110. The molecule has 36 heavy (non-hydrogen) atoms. The Labute approximate surface area is 213 Å².